The number of sulfonamides is 1. The summed E-state index contributed by atoms with van der Waals surface area (Å²) >= 11 is 0. The van der Waals surface area contributed by atoms with Crippen molar-refractivity contribution >= 4 is 15.9 Å². The maximum absolute atomic E-state index is 12.5. The molecule has 2 fully saturated rings. The Morgan fingerprint density at radius 3 is 2.25 bits per heavy atom. The van der Waals surface area contributed by atoms with E-state index in [9.17, 15) is 13.2 Å². The van der Waals surface area contributed by atoms with Crippen molar-refractivity contribution in [3.05, 3.63) is 12.4 Å². The lowest BCUT2D eigenvalue weighted by Gasteiger charge is -2.33. The summed E-state index contributed by atoms with van der Waals surface area (Å²) in [5, 5.41) is 3.13. The number of nitrogens with zero attached hydrogens (tertiary/aromatic N) is 3. The SMILES string of the molecule is COc1nccnc1OC1CCC(NC(=O)C2CCN(S(C)(=O)=O)CC2)CC1. The van der Waals surface area contributed by atoms with Crippen LogP contribution in [0.4, 0.5) is 0 Å². The highest BCUT2D eigenvalue weighted by molar-refractivity contribution is 7.88. The van der Waals surface area contributed by atoms with Crippen LogP contribution < -0.4 is 14.8 Å². The Hall–Kier alpha value is -1.94. The fourth-order valence-electron chi connectivity index (χ4n) is 3.78. The van der Waals surface area contributed by atoms with E-state index in [1.165, 1.54) is 17.7 Å². The fourth-order valence-corrected chi connectivity index (χ4v) is 4.66. The van der Waals surface area contributed by atoms with E-state index in [1.54, 1.807) is 12.4 Å². The molecule has 1 aromatic heterocycles. The van der Waals surface area contributed by atoms with E-state index in [-0.39, 0.29) is 24.0 Å². The van der Waals surface area contributed by atoms with Gasteiger partial charge in [-0.3, -0.25) is 4.79 Å². The average molecular weight is 413 g/mol. The lowest BCUT2D eigenvalue weighted by molar-refractivity contribution is -0.127. The molecule has 1 saturated carbocycles. The molecule has 0 aromatic carbocycles. The molecular formula is C18H28N4O5S. The molecule has 1 amide bonds. The minimum absolute atomic E-state index is 0.0248. The molecule has 0 bridgehead atoms. The van der Waals surface area contributed by atoms with E-state index >= 15 is 0 Å². The molecule has 2 aliphatic rings. The third-order valence-corrected chi connectivity index (χ3v) is 6.72. The Morgan fingerprint density at radius 2 is 1.68 bits per heavy atom. The zero-order chi connectivity index (χ0) is 20.1. The van der Waals surface area contributed by atoms with Crippen molar-refractivity contribution < 1.29 is 22.7 Å². The summed E-state index contributed by atoms with van der Waals surface area (Å²) in [6.07, 6.45) is 8.81. The van der Waals surface area contributed by atoms with Crippen LogP contribution in [0, 0.1) is 5.92 Å². The van der Waals surface area contributed by atoms with E-state index < -0.39 is 10.0 Å². The molecule has 3 rings (SSSR count). The van der Waals surface area contributed by atoms with Crippen LogP contribution in [0.1, 0.15) is 38.5 Å². The molecular weight excluding hydrogens is 384 g/mol. The summed E-state index contributed by atoms with van der Waals surface area (Å²) in [5.74, 6) is 0.692. The number of hydrogen-bond acceptors (Lipinski definition) is 7. The van der Waals surface area contributed by atoms with Gasteiger partial charge in [0.15, 0.2) is 0 Å². The number of hydrogen-bond donors (Lipinski definition) is 1. The van der Waals surface area contributed by atoms with Crippen LogP contribution in [0.25, 0.3) is 0 Å². The van der Waals surface area contributed by atoms with E-state index in [1.807, 2.05) is 0 Å². The van der Waals surface area contributed by atoms with Crippen LogP contribution >= 0.6 is 0 Å². The summed E-state index contributed by atoms with van der Waals surface area (Å²) in [6.45, 7) is 0.828. The molecule has 0 spiro atoms. The van der Waals surface area contributed by atoms with Gasteiger partial charge in [0, 0.05) is 37.4 Å². The number of nitrogens with one attached hydrogen (secondary N) is 1. The molecule has 28 heavy (non-hydrogen) atoms. The molecule has 2 heterocycles. The first kappa shape index (κ1) is 20.8. The smallest absolute Gasteiger partial charge is 0.278 e. The molecule has 1 saturated heterocycles. The van der Waals surface area contributed by atoms with Crippen molar-refractivity contribution in [2.24, 2.45) is 5.92 Å². The van der Waals surface area contributed by atoms with Crippen LogP contribution in [0.2, 0.25) is 0 Å². The number of ether oxygens (including phenoxy) is 2. The van der Waals surface area contributed by atoms with Gasteiger partial charge in [0.2, 0.25) is 15.9 Å². The van der Waals surface area contributed by atoms with Crippen LogP contribution in [-0.4, -0.2) is 67.2 Å². The van der Waals surface area contributed by atoms with E-state index in [4.69, 9.17) is 9.47 Å². The Morgan fingerprint density at radius 1 is 1.07 bits per heavy atom. The maximum atomic E-state index is 12.5. The number of methoxy groups -OCH3 is 1. The minimum Gasteiger partial charge on any atom is -0.477 e. The van der Waals surface area contributed by atoms with Crippen molar-refractivity contribution in [3.63, 3.8) is 0 Å². The minimum atomic E-state index is -3.17. The zero-order valence-corrected chi connectivity index (χ0v) is 17.2. The Labute approximate surface area is 165 Å². The first-order valence-electron chi connectivity index (χ1n) is 9.64. The van der Waals surface area contributed by atoms with Crippen LogP contribution in [0.3, 0.4) is 0 Å². The zero-order valence-electron chi connectivity index (χ0n) is 16.3. The van der Waals surface area contributed by atoms with Crippen molar-refractivity contribution in [3.8, 4) is 11.8 Å². The Kier molecular flexibility index (Phi) is 6.71. The monoisotopic (exact) mass is 412 g/mol. The number of aromatic nitrogens is 2. The predicted molar refractivity (Wildman–Crippen MR) is 103 cm³/mol. The molecule has 156 valence electrons. The molecule has 1 aromatic rings. The second kappa shape index (κ2) is 9.04. The van der Waals surface area contributed by atoms with Crippen LogP contribution in [-0.2, 0) is 14.8 Å². The van der Waals surface area contributed by atoms with Gasteiger partial charge in [0.1, 0.15) is 6.10 Å². The van der Waals surface area contributed by atoms with E-state index in [0.29, 0.717) is 37.7 Å². The summed E-state index contributed by atoms with van der Waals surface area (Å²) in [4.78, 5) is 20.8. The molecule has 1 aliphatic carbocycles. The van der Waals surface area contributed by atoms with E-state index in [2.05, 4.69) is 15.3 Å². The first-order valence-corrected chi connectivity index (χ1v) is 11.5. The normalized spacial score (nSPS) is 24.5. The molecule has 1 aliphatic heterocycles. The topological polar surface area (TPSA) is 111 Å². The predicted octanol–water partition coefficient (Wildman–Crippen LogP) is 0.963. The number of amides is 1. The molecule has 0 radical (unpaired) electrons. The molecule has 10 heteroatoms. The lowest BCUT2D eigenvalue weighted by atomic mass is 9.91. The highest BCUT2D eigenvalue weighted by atomic mass is 32.2. The van der Waals surface area contributed by atoms with Crippen LogP contribution in [0.15, 0.2) is 12.4 Å². The fraction of sp³-hybridized carbons (Fsp3) is 0.722. The van der Waals surface area contributed by atoms with Crippen molar-refractivity contribution in [2.75, 3.05) is 26.5 Å². The third-order valence-electron chi connectivity index (χ3n) is 5.42. The number of carbonyl (C=O) groups excluding carboxylic acids is 1. The van der Waals surface area contributed by atoms with Gasteiger partial charge < -0.3 is 14.8 Å². The summed E-state index contributed by atoms with van der Waals surface area (Å²) < 4.78 is 35.7. The van der Waals surface area contributed by atoms with Crippen molar-refractivity contribution in [2.45, 2.75) is 50.7 Å². The summed E-state index contributed by atoms with van der Waals surface area (Å²) in [7, 11) is -1.64. The Bertz CT molecular complexity index is 772. The van der Waals surface area contributed by atoms with Gasteiger partial charge in [-0.05, 0) is 38.5 Å². The molecule has 9 nitrogen and oxygen atoms in total. The van der Waals surface area contributed by atoms with Gasteiger partial charge in [-0.15, -0.1) is 0 Å². The number of piperidine rings is 1. The van der Waals surface area contributed by atoms with Crippen LogP contribution in [0.5, 0.6) is 11.8 Å². The van der Waals surface area contributed by atoms with Gasteiger partial charge in [0.05, 0.1) is 13.4 Å². The van der Waals surface area contributed by atoms with Gasteiger partial charge in [-0.1, -0.05) is 0 Å². The van der Waals surface area contributed by atoms with Gasteiger partial charge in [0.25, 0.3) is 11.8 Å². The average Bonchev–Trinajstić information content (AvgIpc) is 2.69. The van der Waals surface area contributed by atoms with Crippen molar-refractivity contribution in [1.82, 2.24) is 19.6 Å². The first-order chi connectivity index (χ1) is 13.4. The standard InChI is InChI=1S/C18H28N4O5S/c1-26-17-18(20-10-9-19-17)27-15-5-3-14(4-6-15)21-16(23)13-7-11-22(12-8-13)28(2,24)25/h9-10,13-15H,3-8,11-12H2,1-2H3,(H,21,23). The summed E-state index contributed by atoms with van der Waals surface area (Å²) in [5.41, 5.74) is 0. The highest BCUT2D eigenvalue weighted by Crippen LogP contribution is 2.27. The lowest BCUT2D eigenvalue weighted by Crippen LogP contribution is -2.46. The quantitative estimate of drug-likeness (QED) is 0.741. The number of rotatable bonds is 6. The van der Waals surface area contributed by atoms with Gasteiger partial charge in [-0.2, -0.15) is 0 Å². The third kappa shape index (κ3) is 5.32. The van der Waals surface area contributed by atoms with E-state index in [0.717, 1.165) is 25.7 Å². The second-order valence-electron chi connectivity index (χ2n) is 7.41. The van der Waals surface area contributed by atoms with Gasteiger partial charge in [-0.25, -0.2) is 22.7 Å². The molecule has 0 atom stereocenters. The second-order valence-corrected chi connectivity index (χ2v) is 9.39. The summed E-state index contributed by atoms with van der Waals surface area (Å²) in [6, 6.07) is 0.129. The highest BCUT2D eigenvalue weighted by Gasteiger charge is 2.31. The van der Waals surface area contributed by atoms with Gasteiger partial charge >= 0.3 is 0 Å². The molecule has 0 unspecified atom stereocenters. The Balaban J connectivity index is 1.42. The number of carbonyl (C=O) groups is 1. The maximum Gasteiger partial charge on any atom is 0.278 e. The molecule has 1 N–H and O–H groups in total. The largest absolute Gasteiger partial charge is 0.477 e. The van der Waals surface area contributed by atoms with Crippen molar-refractivity contribution in [1.29, 1.82) is 0 Å².